The molecule has 0 aliphatic heterocycles. The Morgan fingerprint density at radius 1 is 0.774 bits per heavy atom. The monoisotopic (exact) mass is 699 g/mol. The predicted molar refractivity (Wildman–Crippen MR) is 207 cm³/mol. The Kier molecular flexibility index (Phi) is 10.1. The Balaban J connectivity index is 1.01. The number of esters is 1. The summed E-state index contributed by atoms with van der Waals surface area (Å²) in [6.07, 6.45) is 5.28. The second-order valence-electron chi connectivity index (χ2n) is 13.7. The van der Waals surface area contributed by atoms with E-state index in [2.05, 4.69) is 58.8 Å². The lowest BCUT2D eigenvalue weighted by Crippen LogP contribution is -2.38. The summed E-state index contributed by atoms with van der Waals surface area (Å²) < 4.78 is 12.1. The standard InChI is InChI=1S/C46H41N3O4/c50-44(53-30-41-39-21-11-9-19-37(39)38-20-10-12-22-40(38)41)26-35(29-52-28-31-13-3-1-4-14-31)46(51)49-42(25-34-24-23-32-15-7-8-18-36(32)34)45-47-27-43(48-45)33-16-5-2-6-17-33/h1-22,24,27,35,41-42H,23,25-26,28-30H2,(H,47,48)(H,49,51)/t35-,42-/m1/s1. The smallest absolute Gasteiger partial charge is 0.306 e. The SMILES string of the molecule is O=C(C[C@H](COCc1ccccc1)C(=O)N[C@H](CC1=CCc2ccccc21)c1ncc(-c2ccccc2)[nH]1)OCC1c2ccccc2-c2ccccc21. The van der Waals surface area contributed by atoms with Crippen molar-refractivity contribution < 1.29 is 19.1 Å². The highest BCUT2D eigenvalue weighted by molar-refractivity contribution is 5.85. The van der Waals surface area contributed by atoms with Gasteiger partial charge in [0.25, 0.3) is 0 Å². The van der Waals surface area contributed by atoms with Crippen LogP contribution in [-0.4, -0.2) is 35.1 Å². The third kappa shape index (κ3) is 7.62. The summed E-state index contributed by atoms with van der Waals surface area (Å²) in [6, 6.07) is 44.2. The molecule has 0 bridgehead atoms. The van der Waals surface area contributed by atoms with Crippen LogP contribution in [0, 0.1) is 5.92 Å². The van der Waals surface area contributed by atoms with Crippen molar-refractivity contribution in [2.24, 2.45) is 5.92 Å². The molecule has 8 rings (SSSR count). The van der Waals surface area contributed by atoms with Crippen molar-refractivity contribution in [3.05, 3.63) is 179 Å². The van der Waals surface area contributed by atoms with Gasteiger partial charge in [-0.2, -0.15) is 0 Å². The summed E-state index contributed by atoms with van der Waals surface area (Å²) in [4.78, 5) is 36.2. The number of aromatic amines is 1. The minimum atomic E-state index is -0.787. The third-order valence-electron chi connectivity index (χ3n) is 10.3. The lowest BCUT2D eigenvalue weighted by atomic mass is 9.97. The molecule has 0 fully saturated rings. The molecule has 2 aliphatic carbocycles. The number of carbonyl (C=O) groups excluding carboxylic acids is 2. The van der Waals surface area contributed by atoms with Gasteiger partial charge >= 0.3 is 5.97 Å². The van der Waals surface area contributed by atoms with Crippen LogP contribution in [0.3, 0.4) is 0 Å². The maximum atomic E-state index is 14.3. The number of hydrogen-bond donors (Lipinski definition) is 2. The van der Waals surface area contributed by atoms with Crippen molar-refractivity contribution in [2.75, 3.05) is 13.2 Å². The molecule has 7 nitrogen and oxygen atoms in total. The zero-order valence-electron chi connectivity index (χ0n) is 29.4. The van der Waals surface area contributed by atoms with Gasteiger partial charge in [-0.15, -0.1) is 0 Å². The normalized spacial score (nSPS) is 14.1. The van der Waals surface area contributed by atoms with Crippen LogP contribution in [0.25, 0.3) is 28.0 Å². The molecule has 53 heavy (non-hydrogen) atoms. The first-order valence-electron chi connectivity index (χ1n) is 18.2. The average Bonchev–Trinajstić information content (AvgIpc) is 3.94. The van der Waals surface area contributed by atoms with Gasteiger partial charge in [0.2, 0.25) is 5.91 Å². The summed E-state index contributed by atoms with van der Waals surface area (Å²) in [7, 11) is 0. The Labute approximate surface area is 309 Å². The molecule has 6 aromatic rings. The zero-order valence-corrected chi connectivity index (χ0v) is 29.4. The average molecular weight is 700 g/mol. The van der Waals surface area contributed by atoms with E-state index in [0.29, 0.717) is 18.9 Å². The lowest BCUT2D eigenvalue weighted by Gasteiger charge is -2.23. The maximum absolute atomic E-state index is 14.3. The van der Waals surface area contributed by atoms with Crippen LogP contribution in [0.5, 0.6) is 0 Å². The molecule has 5 aromatic carbocycles. The molecule has 1 heterocycles. The van der Waals surface area contributed by atoms with E-state index < -0.39 is 17.9 Å². The van der Waals surface area contributed by atoms with E-state index in [9.17, 15) is 9.59 Å². The van der Waals surface area contributed by atoms with Crippen molar-refractivity contribution in [2.45, 2.75) is 37.8 Å². The number of hydrogen-bond acceptors (Lipinski definition) is 5. The number of imidazole rings is 1. The van der Waals surface area contributed by atoms with Crippen LogP contribution in [0.1, 0.15) is 58.4 Å². The van der Waals surface area contributed by atoms with E-state index in [-0.39, 0.29) is 31.5 Å². The summed E-state index contributed by atoms with van der Waals surface area (Å²) in [5.41, 5.74) is 11.1. The largest absolute Gasteiger partial charge is 0.465 e. The highest BCUT2D eigenvalue weighted by Crippen LogP contribution is 2.44. The number of H-pyrrole nitrogens is 1. The molecule has 1 amide bonds. The second kappa shape index (κ2) is 15.7. The molecule has 2 N–H and O–H groups in total. The van der Waals surface area contributed by atoms with Gasteiger partial charge < -0.3 is 19.8 Å². The molecule has 0 spiro atoms. The van der Waals surface area contributed by atoms with Crippen molar-refractivity contribution in [1.29, 1.82) is 0 Å². The molecule has 0 saturated carbocycles. The molecule has 0 unspecified atom stereocenters. The Bertz CT molecular complexity index is 2200. The van der Waals surface area contributed by atoms with Gasteiger partial charge in [0.15, 0.2) is 0 Å². The summed E-state index contributed by atoms with van der Waals surface area (Å²) in [6.45, 7) is 0.564. The molecule has 2 atom stereocenters. The van der Waals surface area contributed by atoms with E-state index in [0.717, 1.165) is 51.1 Å². The molecule has 1 aromatic heterocycles. The minimum absolute atomic E-state index is 0.0522. The summed E-state index contributed by atoms with van der Waals surface area (Å²) in [5, 5.41) is 3.27. The van der Waals surface area contributed by atoms with Crippen molar-refractivity contribution in [1.82, 2.24) is 15.3 Å². The van der Waals surface area contributed by atoms with E-state index in [1.807, 2.05) is 91.0 Å². The van der Waals surface area contributed by atoms with Crippen LogP contribution >= 0.6 is 0 Å². The van der Waals surface area contributed by atoms with Crippen molar-refractivity contribution in [3.63, 3.8) is 0 Å². The van der Waals surface area contributed by atoms with Gasteiger partial charge in [0.05, 0.1) is 43.5 Å². The topological polar surface area (TPSA) is 93.3 Å². The second-order valence-corrected chi connectivity index (χ2v) is 13.7. The van der Waals surface area contributed by atoms with Gasteiger partial charge in [-0.3, -0.25) is 9.59 Å². The predicted octanol–water partition coefficient (Wildman–Crippen LogP) is 8.84. The lowest BCUT2D eigenvalue weighted by molar-refractivity contribution is -0.148. The number of nitrogens with zero attached hydrogens (tertiary/aromatic N) is 1. The highest BCUT2D eigenvalue weighted by Gasteiger charge is 2.32. The van der Waals surface area contributed by atoms with Gasteiger partial charge in [-0.1, -0.05) is 140 Å². The number of benzene rings is 5. The zero-order chi connectivity index (χ0) is 36.0. The first kappa shape index (κ1) is 34.1. The van der Waals surface area contributed by atoms with Crippen LogP contribution < -0.4 is 5.32 Å². The molecular formula is C46H41N3O4. The number of ether oxygens (including phenoxy) is 2. The Morgan fingerprint density at radius 2 is 1.42 bits per heavy atom. The first-order valence-corrected chi connectivity index (χ1v) is 18.2. The Hall–Kier alpha value is -6.05. The first-order chi connectivity index (χ1) is 26.1. The number of carbonyl (C=O) groups is 2. The fourth-order valence-electron chi connectivity index (χ4n) is 7.55. The Morgan fingerprint density at radius 3 is 2.15 bits per heavy atom. The van der Waals surface area contributed by atoms with Crippen molar-refractivity contribution >= 4 is 17.4 Å². The van der Waals surface area contributed by atoms with Gasteiger partial charge in [-0.05, 0) is 56.5 Å². The highest BCUT2D eigenvalue weighted by atomic mass is 16.5. The number of amides is 1. The number of aromatic nitrogens is 2. The van der Waals surface area contributed by atoms with Crippen molar-refractivity contribution in [3.8, 4) is 22.4 Å². The van der Waals surface area contributed by atoms with E-state index in [1.165, 1.54) is 11.1 Å². The fraction of sp³-hybridized carbons (Fsp3) is 0.196. The number of fused-ring (bicyclic) bond motifs is 4. The van der Waals surface area contributed by atoms with Crippen LogP contribution in [0.4, 0.5) is 0 Å². The van der Waals surface area contributed by atoms with E-state index >= 15 is 0 Å². The van der Waals surface area contributed by atoms with Crippen LogP contribution in [0.2, 0.25) is 0 Å². The molecular weight excluding hydrogens is 659 g/mol. The molecule has 0 radical (unpaired) electrons. The summed E-state index contributed by atoms with van der Waals surface area (Å²) >= 11 is 0. The fourth-order valence-corrected chi connectivity index (χ4v) is 7.55. The molecule has 264 valence electrons. The van der Waals surface area contributed by atoms with Crippen LogP contribution in [0.15, 0.2) is 146 Å². The van der Waals surface area contributed by atoms with Crippen LogP contribution in [-0.2, 0) is 32.1 Å². The minimum Gasteiger partial charge on any atom is -0.465 e. The van der Waals surface area contributed by atoms with Gasteiger partial charge in [-0.25, -0.2) is 4.98 Å². The molecule has 7 heteroatoms. The number of allylic oxidation sites excluding steroid dienone is 1. The quantitative estimate of drug-likeness (QED) is 0.111. The molecule has 2 aliphatic rings. The maximum Gasteiger partial charge on any atom is 0.306 e. The third-order valence-corrected chi connectivity index (χ3v) is 10.3. The van der Waals surface area contributed by atoms with Gasteiger partial charge in [0, 0.05) is 12.3 Å². The van der Waals surface area contributed by atoms with E-state index in [4.69, 9.17) is 14.5 Å². The number of nitrogens with one attached hydrogen (secondary N) is 2. The molecule has 0 saturated heterocycles. The summed E-state index contributed by atoms with van der Waals surface area (Å²) in [5.74, 6) is -0.944. The van der Waals surface area contributed by atoms with Gasteiger partial charge in [0.1, 0.15) is 12.4 Å². The number of rotatable bonds is 14. The van der Waals surface area contributed by atoms with E-state index in [1.54, 1.807) is 6.20 Å².